The van der Waals surface area contributed by atoms with E-state index >= 15 is 0 Å². The Morgan fingerprint density at radius 3 is 2.47 bits per heavy atom. The summed E-state index contributed by atoms with van der Waals surface area (Å²) < 4.78 is 38.9. The highest BCUT2D eigenvalue weighted by molar-refractivity contribution is 14.0. The number of alkyl halides is 3. The maximum atomic E-state index is 12.8. The molecule has 1 aromatic carbocycles. The van der Waals surface area contributed by atoms with Crippen molar-refractivity contribution in [2.24, 2.45) is 4.99 Å². The van der Waals surface area contributed by atoms with Gasteiger partial charge in [-0.2, -0.15) is 13.2 Å². The van der Waals surface area contributed by atoms with Gasteiger partial charge in [-0.15, -0.1) is 24.0 Å². The maximum absolute atomic E-state index is 12.8. The minimum atomic E-state index is -4.37. The summed E-state index contributed by atoms with van der Waals surface area (Å²) in [5.41, 5.74) is -0.488. The highest BCUT2D eigenvalue weighted by Crippen LogP contribution is 2.33. The Hall–Kier alpha value is -0.510. The molecule has 0 heterocycles. The van der Waals surface area contributed by atoms with Crippen molar-refractivity contribution >= 4 is 45.9 Å². The van der Waals surface area contributed by atoms with Crippen molar-refractivity contribution in [3.8, 4) is 0 Å². The second-order valence-corrected chi connectivity index (χ2v) is 4.39. The molecule has 19 heavy (non-hydrogen) atoms. The van der Waals surface area contributed by atoms with Gasteiger partial charge in [-0.25, -0.2) is 0 Å². The van der Waals surface area contributed by atoms with Crippen LogP contribution in [-0.4, -0.2) is 20.1 Å². The van der Waals surface area contributed by atoms with Crippen LogP contribution in [0.3, 0.4) is 0 Å². The number of nitrogens with zero attached hydrogens (tertiary/aromatic N) is 1. The number of nitrogens with one attached hydrogen (secondary N) is 2. The van der Waals surface area contributed by atoms with Crippen LogP contribution < -0.4 is 10.6 Å². The van der Waals surface area contributed by atoms with E-state index in [-0.39, 0.29) is 36.1 Å². The Bertz CT molecular complexity index is 449. The molecule has 0 aliphatic heterocycles. The minimum absolute atomic E-state index is 0. The van der Waals surface area contributed by atoms with Gasteiger partial charge < -0.3 is 10.6 Å². The predicted molar refractivity (Wildman–Crippen MR) is 83.8 cm³/mol. The van der Waals surface area contributed by atoms with Crippen LogP contribution in [0.15, 0.2) is 27.7 Å². The zero-order valence-electron chi connectivity index (χ0n) is 10.3. The molecule has 0 saturated carbocycles. The lowest BCUT2D eigenvalue weighted by atomic mass is 10.1. The molecule has 108 valence electrons. The van der Waals surface area contributed by atoms with E-state index in [1.54, 1.807) is 20.2 Å². The molecule has 0 amide bonds. The van der Waals surface area contributed by atoms with E-state index in [9.17, 15) is 13.2 Å². The predicted octanol–water partition coefficient (Wildman–Crippen LogP) is 3.38. The van der Waals surface area contributed by atoms with Crippen molar-refractivity contribution in [1.29, 1.82) is 0 Å². The monoisotopic (exact) mass is 451 g/mol. The van der Waals surface area contributed by atoms with Gasteiger partial charge in [-0.1, -0.05) is 22.0 Å². The molecule has 0 atom stereocenters. The van der Waals surface area contributed by atoms with Crippen LogP contribution >= 0.6 is 39.9 Å². The number of guanidine groups is 1. The van der Waals surface area contributed by atoms with Crippen LogP contribution in [-0.2, 0) is 12.7 Å². The number of hydrogen-bond acceptors (Lipinski definition) is 1. The molecule has 0 unspecified atom stereocenters. The summed E-state index contributed by atoms with van der Waals surface area (Å²) in [6, 6.07) is 4.08. The molecule has 0 saturated heterocycles. The molecule has 2 N–H and O–H groups in total. The van der Waals surface area contributed by atoms with E-state index in [1.165, 1.54) is 6.07 Å². The minimum Gasteiger partial charge on any atom is -0.359 e. The molecule has 1 aromatic rings. The fourth-order valence-electron chi connectivity index (χ4n) is 1.42. The Kier molecular flexibility index (Phi) is 7.72. The molecule has 3 nitrogen and oxygen atoms in total. The first-order valence-corrected chi connectivity index (χ1v) is 5.91. The number of aliphatic imine (C=N–C) groups is 1. The molecular formula is C11H14BrF3IN3. The van der Waals surface area contributed by atoms with Gasteiger partial charge in [-0.3, -0.25) is 4.99 Å². The standard InChI is InChI=1S/C11H13BrF3N3.HI/c1-16-10(17-2)18-6-7-3-4-8(12)5-9(7)11(13,14)15;/h3-5H,6H2,1-2H3,(H2,16,17,18);1H. The maximum Gasteiger partial charge on any atom is 0.416 e. The molecule has 8 heteroatoms. The molecule has 0 bridgehead atoms. The average Bonchev–Trinajstić information content (AvgIpc) is 2.30. The third-order valence-electron chi connectivity index (χ3n) is 2.28. The van der Waals surface area contributed by atoms with Crippen molar-refractivity contribution in [2.45, 2.75) is 12.7 Å². The van der Waals surface area contributed by atoms with Crippen LogP contribution in [0.4, 0.5) is 13.2 Å². The van der Waals surface area contributed by atoms with Crippen molar-refractivity contribution in [3.63, 3.8) is 0 Å². The quantitative estimate of drug-likeness (QED) is 0.411. The fraction of sp³-hybridized carbons (Fsp3) is 0.364. The number of halogens is 5. The van der Waals surface area contributed by atoms with Crippen LogP contribution in [0.25, 0.3) is 0 Å². The first kappa shape index (κ1) is 18.5. The van der Waals surface area contributed by atoms with Crippen molar-refractivity contribution in [3.05, 3.63) is 33.8 Å². The fourth-order valence-corrected chi connectivity index (χ4v) is 1.79. The van der Waals surface area contributed by atoms with Crippen LogP contribution in [0.1, 0.15) is 11.1 Å². The lowest BCUT2D eigenvalue weighted by Crippen LogP contribution is -2.34. The van der Waals surface area contributed by atoms with Crippen LogP contribution in [0, 0.1) is 0 Å². The summed E-state index contributed by atoms with van der Waals surface area (Å²) in [5, 5.41) is 5.53. The molecule has 0 aliphatic carbocycles. The summed E-state index contributed by atoms with van der Waals surface area (Å²) in [7, 11) is 3.19. The number of hydrogen-bond donors (Lipinski definition) is 2. The Labute approximate surface area is 135 Å². The average molecular weight is 452 g/mol. The SMILES string of the molecule is CN=C(NC)NCc1ccc(Br)cc1C(F)(F)F.I. The summed E-state index contributed by atoms with van der Waals surface area (Å²) in [4.78, 5) is 3.83. The van der Waals surface area contributed by atoms with Crippen molar-refractivity contribution < 1.29 is 13.2 Å². The van der Waals surface area contributed by atoms with Crippen LogP contribution in [0.5, 0.6) is 0 Å². The van der Waals surface area contributed by atoms with Crippen molar-refractivity contribution in [1.82, 2.24) is 10.6 Å². The van der Waals surface area contributed by atoms with Gasteiger partial charge in [0.05, 0.1) is 5.56 Å². The van der Waals surface area contributed by atoms with Gasteiger partial charge in [0.1, 0.15) is 0 Å². The Morgan fingerprint density at radius 2 is 2.00 bits per heavy atom. The zero-order chi connectivity index (χ0) is 13.8. The summed E-state index contributed by atoms with van der Waals surface area (Å²) in [5.74, 6) is 0.436. The largest absolute Gasteiger partial charge is 0.416 e. The van der Waals surface area contributed by atoms with E-state index in [1.807, 2.05) is 0 Å². The topological polar surface area (TPSA) is 36.4 Å². The third-order valence-corrected chi connectivity index (χ3v) is 2.78. The lowest BCUT2D eigenvalue weighted by Gasteiger charge is -2.15. The third kappa shape index (κ3) is 5.55. The van der Waals surface area contributed by atoms with Gasteiger partial charge in [0.2, 0.25) is 0 Å². The Morgan fingerprint density at radius 1 is 1.37 bits per heavy atom. The van der Waals surface area contributed by atoms with Gasteiger partial charge in [0.25, 0.3) is 0 Å². The molecule has 0 fully saturated rings. The zero-order valence-corrected chi connectivity index (χ0v) is 14.2. The molecular weight excluding hydrogens is 438 g/mol. The summed E-state index contributed by atoms with van der Waals surface area (Å²) in [6.45, 7) is 0.0512. The lowest BCUT2D eigenvalue weighted by molar-refractivity contribution is -0.138. The van der Waals surface area contributed by atoms with Gasteiger partial charge >= 0.3 is 6.18 Å². The van der Waals surface area contributed by atoms with Crippen molar-refractivity contribution in [2.75, 3.05) is 14.1 Å². The number of rotatable bonds is 2. The molecule has 0 aliphatic rings. The normalized spacial score (nSPS) is 11.8. The molecule has 1 rings (SSSR count). The van der Waals surface area contributed by atoms with Gasteiger partial charge in [0.15, 0.2) is 5.96 Å². The van der Waals surface area contributed by atoms with E-state index in [0.717, 1.165) is 6.07 Å². The van der Waals surface area contributed by atoms with E-state index in [2.05, 4.69) is 31.6 Å². The first-order chi connectivity index (χ1) is 8.38. The highest BCUT2D eigenvalue weighted by Gasteiger charge is 2.33. The first-order valence-electron chi connectivity index (χ1n) is 5.12. The highest BCUT2D eigenvalue weighted by atomic mass is 127. The van der Waals surface area contributed by atoms with Crippen LogP contribution in [0.2, 0.25) is 0 Å². The number of benzene rings is 1. The molecule has 0 aromatic heterocycles. The van der Waals surface area contributed by atoms with Gasteiger partial charge in [0, 0.05) is 25.1 Å². The van der Waals surface area contributed by atoms with E-state index in [0.29, 0.717) is 10.4 Å². The van der Waals surface area contributed by atoms with E-state index < -0.39 is 11.7 Å². The smallest absolute Gasteiger partial charge is 0.359 e. The van der Waals surface area contributed by atoms with Gasteiger partial charge in [-0.05, 0) is 17.7 Å². The summed E-state index contributed by atoms with van der Waals surface area (Å²) >= 11 is 3.04. The molecule has 0 radical (unpaired) electrons. The van der Waals surface area contributed by atoms with E-state index in [4.69, 9.17) is 0 Å². The second kappa shape index (κ2) is 7.93. The second-order valence-electron chi connectivity index (χ2n) is 3.47. The summed E-state index contributed by atoms with van der Waals surface area (Å²) in [6.07, 6.45) is -4.37. The molecule has 0 spiro atoms. The Balaban J connectivity index is 0.00000324.